The third-order valence-corrected chi connectivity index (χ3v) is 4.01. The second-order valence-electron chi connectivity index (χ2n) is 5.90. The smallest absolute Gasteiger partial charge is 0.255 e. The highest BCUT2D eigenvalue weighted by atomic mass is 16.5. The van der Waals surface area contributed by atoms with Crippen molar-refractivity contribution in [3.8, 4) is 0 Å². The highest BCUT2D eigenvalue weighted by molar-refractivity contribution is 6.05. The molecule has 6 heteroatoms. The van der Waals surface area contributed by atoms with Gasteiger partial charge in [-0.1, -0.05) is 24.3 Å². The molecule has 3 rings (SSSR count). The number of hydrogen-bond donors (Lipinski definition) is 3. The van der Waals surface area contributed by atoms with E-state index >= 15 is 0 Å². The molecular weight excluding hydrogens is 318 g/mol. The summed E-state index contributed by atoms with van der Waals surface area (Å²) in [6.07, 6.45) is -0.519. The Kier molecular flexibility index (Phi) is 5.42. The van der Waals surface area contributed by atoms with Crippen LogP contribution in [-0.2, 0) is 9.53 Å². The predicted molar refractivity (Wildman–Crippen MR) is 96.8 cm³/mol. The van der Waals surface area contributed by atoms with E-state index in [1.807, 2.05) is 43.3 Å². The Bertz CT molecular complexity index is 756. The van der Waals surface area contributed by atoms with Gasteiger partial charge in [0.1, 0.15) is 6.10 Å². The van der Waals surface area contributed by atoms with Crippen LogP contribution >= 0.6 is 0 Å². The van der Waals surface area contributed by atoms with Crippen LogP contribution in [0.15, 0.2) is 48.5 Å². The van der Waals surface area contributed by atoms with Crippen LogP contribution in [0.5, 0.6) is 0 Å². The molecule has 2 aromatic rings. The van der Waals surface area contributed by atoms with Gasteiger partial charge < -0.3 is 20.7 Å². The molecule has 2 aromatic carbocycles. The first kappa shape index (κ1) is 17.1. The van der Waals surface area contributed by atoms with Crippen LogP contribution < -0.4 is 16.0 Å². The molecule has 0 aromatic heterocycles. The lowest BCUT2D eigenvalue weighted by Crippen LogP contribution is -2.45. The second-order valence-corrected chi connectivity index (χ2v) is 5.90. The molecule has 2 amide bonds. The van der Waals surface area contributed by atoms with Gasteiger partial charge in [0.05, 0.1) is 6.61 Å². The maximum atomic E-state index is 12.4. The monoisotopic (exact) mass is 339 g/mol. The number of nitrogens with one attached hydrogen (secondary N) is 3. The first-order valence-corrected chi connectivity index (χ1v) is 8.24. The first-order chi connectivity index (χ1) is 12.1. The topological polar surface area (TPSA) is 79.5 Å². The van der Waals surface area contributed by atoms with E-state index in [2.05, 4.69) is 16.0 Å². The zero-order chi connectivity index (χ0) is 17.6. The van der Waals surface area contributed by atoms with E-state index in [0.29, 0.717) is 24.4 Å². The van der Waals surface area contributed by atoms with Gasteiger partial charge in [-0.05, 0) is 36.8 Å². The van der Waals surface area contributed by atoms with E-state index in [4.69, 9.17) is 4.74 Å². The van der Waals surface area contributed by atoms with Crippen LogP contribution in [0, 0.1) is 6.92 Å². The molecule has 25 heavy (non-hydrogen) atoms. The molecule has 1 fully saturated rings. The van der Waals surface area contributed by atoms with Crippen molar-refractivity contribution in [2.24, 2.45) is 0 Å². The zero-order valence-electron chi connectivity index (χ0n) is 14.0. The van der Waals surface area contributed by atoms with Gasteiger partial charge in [0, 0.05) is 30.0 Å². The Morgan fingerprint density at radius 1 is 1.12 bits per heavy atom. The molecule has 6 nitrogen and oxygen atoms in total. The molecule has 0 spiro atoms. The molecule has 0 bridgehead atoms. The third kappa shape index (κ3) is 4.43. The van der Waals surface area contributed by atoms with Crippen molar-refractivity contribution in [2.45, 2.75) is 13.0 Å². The Morgan fingerprint density at radius 3 is 2.64 bits per heavy atom. The fraction of sp³-hybridized carbons (Fsp3) is 0.263. The number of carbonyl (C=O) groups is 2. The van der Waals surface area contributed by atoms with Crippen LogP contribution in [0.3, 0.4) is 0 Å². The SMILES string of the molecule is Cc1ccc(C(=O)Nc2ccccc2)cc1NC(=O)[C@H]1CNCCO1. The van der Waals surface area contributed by atoms with Crippen LogP contribution in [-0.4, -0.2) is 37.6 Å². The van der Waals surface area contributed by atoms with Crippen molar-refractivity contribution in [1.29, 1.82) is 0 Å². The number of ether oxygens (including phenoxy) is 1. The fourth-order valence-corrected chi connectivity index (χ4v) is 2.57. The average Bonchev–Trinajstić information content (AvgIpc) is 2.65. The van der Waals surface area contributed by atoms with E-state index in [1.54, 1.807) is 12.1 Å². The molecule has 1 atom stereocenters. The summed E-state index contributed by atoms with van der Waals surface area (Å²) in [5.41, 5.74) is 2.70. The second kappa shape index (κ2) is 7.92. The molecule has 3 N–H and O–H groups in total. The van der Waals surface area contributed by atoms with E-state index in [1.165, 1.54) is 0 Å². The number of anilines is 2. The highest BCUT2D eigenvalue weighted by Crippen LogP contribution is 2.19. The zero-order valence-corrected chi connectivity index (χ0v) is 14.0. The molecule has 1 heterocycles. The Morgan fingerprint density at radius 2 is 1.92 bits per heavy atom. The number of amides is 2. The number of aryl methyl sites for hydroxylation is 1. The van der Waals surface area contributed by atoms with Gasteiger partial charge in [-0.3, -0.25) is 9.59 Å². The van der Waals surface area contributed by atoms with E-state index in [0.717, 1.165) is 17.8 Å². The lowest BCUT2D eigenvalue weighted by Gasteiger charge is -2.23. The molecule has 0 unspecified atom stereocenters. The molecule has 0 aliphatic carbocycles. The van der Waals surface area contributed by atoms with Gasteiger partial charge in [-0.2, -0.15) is 0 Å². The number of morpholine rings is 1. The Balaban J connectivity index is 1.71. The standard InChI is InChI=1S/C19H21N3O3/c1-13-7-8-14(18(23)21-15-5-3-2-4-6-15)11-16(13)22-19(24)17-12-20-9-10-25-17/h2-8,11,17,20H,9-10,12H2,1H3,(H,21,23)(H,22,24)/t17-/m1/s1. The maximum Gasteiger partial charge on any atom is 0.255 e. The number of carbonyl (C=O) groups excluding carboxylic acids is 2. The molecule has 1 aliphatic rings. The van der Waals surface area contributed by atoms with Crippen molar-refractivity contribution in [3.63, 3.8) is 0 Å². The van der Waals surface area contributed by atoms with Crippen molar-refractivity contribution in [2.75, 3.05) is 30.3 Å². The maximum absolute atomic E-state index is 12.4. The van der Waals surface area contributed by atoms with E-state index in [9.17, 15) is 9.59 Å². The van der Waals surface area contributed by atoms with Crippen molar-refractivity contribution < 1.29 is 14.3 Å². The van der Waals surface area contributed by atoms with Gasteiger partial charge in [0.2, 0.25) is 0 Å². The number of benzene rings is 2. The Labute approximate surface area is 146 Å². The van der Waals surface area contributed by atoms with Gasteiger partial charge in [0.15, 0.2) is 0 Å². The lowest BCUT2D eigenvalue weighted by molar-refractivity contribution is -0.128. The number of hydrogen-bond acceptors (Lipinski definition) is 4. The van der Waals surface area contributed by atoms with E-state index < -0.39 is 6.10 Å². The Hall–Kier alpha value is -2.70. The third-order valence-electron chi connectivity index (χ3n) is 4.01. The summed E-state index contributed by atoms with van der Waals surface area (Å²) in [5.74, 6) is -0.437. The molecular formula is C19H21N3O3. The summed E-state index contributed by atoms with van der Waals surface area (Å²) in [6.45, 7) is 3.63. The van der Waals surface area contributed by atoms with Crippen molar-refractivity contribution in [1.82, 2.24) is 5.32 Å². The summed E-state index contributed by atoms with van der Waals surface area (Å²) in [4.78, 5) is 24.7. The molecule has 130 valence electrons. The van der Waals surface area contributed by atoms with Crippen LogP contribution in [0.4, 0.5) is 11.4 Å². The minimum Gasteiger partial charge on any atom is -0.366 e. The van der Waals surface area contributed by atoms with Crippen LogP contribution in [0.2, 0.25) is 0 Å². The summed E-state index contributed by atoms with van der Waals surface area (Å²) in [5, 5.41) is 8.81. The van der Waals surface area contributed by atoms with Crippen LogP contribution in [0.25, 0.3) is 0 Å². The molecule has 1 aliphatic heterocycles. The minimum absolute atomic E-state index is 0.212. The van der Waals surface area contributed by atoms with Gasteiger partial charge >= 0.3 is 0 Å². The predicted octanol–water partition coefficient (Wildman–Crippen LogP) is 2.17. The lowest BCUT2D eigenvalue weighted by atomic mass is 10.1. The van der Waals surface area contributed by atoms with Gasteiger partial charge in [-0.25, -0.2) is 0 Å². The summed E-state index contributed by atoms with van der Waals surface area (Å²) in [6, 6.07) is 14.5. The number of rotatable bonds is 4. The average molecular weight is 339 g/mol. The van der Waals surface area contributed by atoms with Gasteiger partial charge in [0.25, 0.3) is 11.8 Å². The van der Waals surface area contributed by atoms with Gasteiger partial charge in [-0.15, -0.1) is 0 Å². The molecule has 0 radical (unpaired) electrons. The molecule has 0 saturated carbocycles. The van der Waals surface area contributed by atoms with E-state index in [-0.39, 0.29) is 11.8 Å². The fourth-order valence-electron chi connectivity index (χ4n) is 2.57. The van der Waals surface area contributed by atoms with Crippen molar-refractivity contribution in [3.05, 3.63) is 59.7 Å². The first-order valence-electron chi connectivity index (χ1n) is 8.24. The van der Waals surface area contributed by atoms with Crippen molar-refractivity contribution >= 4 is 23.2 Å². The highest BCUT2D eigenvalue weighted by Gasteiger charge is 2.22. The summed E-state index contributed by atoms with van der Waals surface area (Å²) in [7, 11) is 0. The number of para-hydroxylation sites is 1. The van der Waals surface area contributed by atoms with Crippen LogP contribution in [0.1, 0.15) is 15.9 Å². The minimum atomic E-state index is -0.519. The quantitative estimate of drug-likeness (QED) is 0.798. The summed E-state index contributed by atoms with van der Waals surface area (Å²) >= 11 is 0. The summed E-state index contributed by atoms with van der Waals surface area (Å²) < 4.78 is 5.45. The normalized spacial score (nSPS) is 16.9. The molecule has 1 saturated heterocycles. The largest absolute Gasteiger partial charge is 0.366 e.